The molecule has 4 heterocycles. The van der Waals surface area contributed by atoms with Crippen LogP contribution in [-0.2, 0) is 10.1 Å². The summed E-state index contributed by atoms with van der Waals surface area (Å²) in [6.45, 7) is 4.87. The number of cyclic esters (lactones) is 1. The third-order valence-electron chi connectivity index (χ3n) is 5.54. The molecule has 0 saturated carbocycles. The van der Waals surface area contributed by atoms with Crippen LogP contribution in [-0.4, -0.2) is 48.2 Å². The van der Waals surface area contributed by atoms with E-state index in [-0.39, 0.29) is 12.2 Å². The number of anilines is 2. The Kier molecular flexibility index (Phi) is 6.38. The number of aromatic nitrogens is 2. The first-order chi connectivity index (χ1) is 14.8. The number of hydrogen-bond donors (Lipinski definition) is 2. The Morgan fingerprint density at radius 1 is 1.39 bits per heavy atom. The summed E-state index contributed by atoms with van der Waals surface area (Å²) in [4.78, 5) is 22.9. The third kappa shape index (κ3) is 4.50. The predicted octanol–water partition coefficient (Wildman–Crippen LogP) is 3.73. The molecule has 0 spiro atoms. The number of amides is 1. The summed E-state index contributed by atoms with van der Waals surface area (Å²) >= 11 is 0. The normalized spacial score (nSPS) is 21.5. The van der Waals surface area contributed by atoms with Crippen molar-refractivity contribution in [3.8, 4) is 11.3 Å². The number of halogens is 2. The number of carbonyl (C=O) groups excluding carboxylic acids is 1. The lowest BCUT2D eigenvalue weighted by molar-refractivity contribution is 0.0779. The summed E-state index contributed by atoms with van der Waals surface area (Å²) < 4.78 is 34.9. The molecule has 2 aliphatic heterocycles. The number of ether oxygens (including phenoxy) is 1. The monoisotopic (exact) mass is 467 g/mol. The van der Waals surface area contributed by atoms with Gasteiger partial charge in [0.2, 0.25) is 0 Å². The van der Waals surface area contributed by atoms with Crippen molar-refractivity contribution in [2.45, 2.75) is 30.8 Å². The highest BCUT2D eigenvalue weighted by molar-refractivity contribution is 7.18. The maximum atomic E-state index is 15.3. The van der Waals surface area contributed by atoms with E-state index in [1.807, 2.05) is 9.24 Å². The van der Waals surface area contributed by atoms with Gasteiger partial charge in [-0.3, -0.25) is 5.32 Å². The Hall–Kier alpha value is -1.95. The second-order valence-electron chi connectivity index (χ2n) is 7.57. The highest BCUT2D eigenvalue weighted by Gasteiger charge is 2.35. The Labute approximate surface area is 184 Å². The van der Waals surface area contributed by atoms with E-state index in [9.17, 15) is 9.18 Å². The number of alkyl halides is 2. The molecule has 0 aliphatic carbocycles. The zero-order chi connectivity index (χ0) is 22.2. The first kappa shape index (κ1) is 22.3. The van der Waals surface area contributed by atoms with Crippen LogP contribution in [0.4, 0.5) is 25.2 Å². The molecule has 2 aromatic heterocycles. The van der Waals surface area contributed by atoms with E-state index < -0.39 is 23.5 Å². The van der Waals surface area contributed by atoms with Gasteiger partial charge < -0.3 is 15.0 Å². The summed E-state index contributed by atoms with van der Waals surface area (Å²) in [5.41, 5.74) is 1.85. The summed E-state index contributed by atoms with van der Waals surface area (Å²) in [5, 5.41) is 4.17. The lowest BCUT2D eigenvalue weighted by atomic mass is 9.97. The molecule has 2 aromatic rings. The molecule has 5 atom stereocenters. The fourth-order valence-electron chi connectivity index (χ4n) is 3.76. The average molecular weight is 467 g/mol. The van der Waals surface area contributed by atoms with Gasteiger partial charge in [0, 0.05) is 43.5 Å². The molecule has 0 radical (unpaired) electrons. The molecule has 2 N–H and O–H groups in total. The molecule has 1 amide bonds. The van der Waals surface area contributed by atoms with E-state index in [0.717, 1.165) is 26.2 Å². The zero-order valence-electron chi connectivity index (χ0n) is 17.1. The summed E-state index contributed by atoms with van der Waals surface area (Å²) in [7, 11) is 4.29. The van der Waals surface area contributed by atoms with Crippen molar-refractivity contribution in [2.75, 3.05) is 36.4 Å². The maximum absolute atomic E-state index is 15.3. The van der Waals surface area contributed by atoms with Crippen molar-refractivity contribution in [2.24, 2.45) is 0 Å². The van der Waals surface area contributed by atoms with Crippen LogP contribution in [0.3, 0.4) is 0 Å². The van der Waals surface area contributed by atoms with Gasteiger partial charge in [0.05, 0.1) is 5.69 Å². The van der Waals surface area contributed by atoms with Gasteiger partial charge in [-0.2, -0.15) is 0 Å². The van der Waals surface area contributed by atoms with E-state index in [1.54, 1.807) is 25.1 Å². The van der Waals surface area contributed by atoms with Crippen LogP contribution >= 0.6 is 18.5 Å². The molecule has 1 fully saturated rings. The lowest BCUT2D eigenvalue weighted by Crippen LogP contribution is -2.44. The second kappa shape index (κ2) is 8.89. The molecule has 31 heavy (non-hydrogen) atoms. The summed E-state index contributed by atoms with van der Waals surface area (Å²) in [6, 6.07) is 5.12. The van der Waals surface area contributed by atoms with Crippen LogP contribution in [0.1, 0.15) is 30.6 Å². The first-order valence-electron chi connectivity index (χ1n) is 10.1. The van der Waals surface area contributed by atoms with E-state index in [2.05, 4.69) is 29.8 Å². The number of pyridine rings is 2. The van der Waals surface area contributed by atoms with Crippen LogP contribution in [0.15, 0.2) is 24.4 Å². The molecule has 0 aromatic carbocycles. The predicted molar refractivity (Wildman–Crippen MR) is 123 cm³/mol. The molecule has 11 heteroatoms. The quantitative estimate of drug-likeness (QED) is 0.653. The van der Waals surface area contributed by atoms with Crippen LogP contribution in [0, 0.1) is 0 Å². The largest absolute Gasteiger partial charge is 0.437 e. The van der Waals surface area contributed by atoms with Gasteiger partial charge in [-0.15, -0.1) is 0 Å². The zero-order valence-corrected chi connectivity index (χ0v) is 19.4. The van der Waals surface area contributed by atoms with Crippen molar-refractivity contribution < 1.29 is 18.3 Å². The van der Waals surface area contributed by atoms with E-state index >= 15 is 4.39 Å². The van der Waals surface area contributed by atoms with Gasteiger partial charge >= 0.3 is 6.09 Å². The van der Waals surface area contributed by atoms with Gasteiger partial charge in [-0.1, -0.05) is 25.4 Å². The number of hydrogen-bond acceptors (Lipinski definition) is 6. The minimum Gasteiger partial charge on any atom is -0.437 e. The van der Waals surface area contributed by atoms with Crippen molar-refractivity contribution >= 4 is 36.2 Å². The summed E-state index contributed by atoms with van der Waals surface area (Å²) in [5.74, 6) is -0.675. The van der Waals surface area contributed by atoms with Gasteiger partial charge in [0.1, 0.15) is 17.0 Å². The Morgan fingerprint density at radius 2 is 2.13 bits per heavy atom. The highest BCUT2D eigenvalue weighted by Crippen LogP contribution is 2.44. The number of nitrogens with zero attached hydrogens (tertiary/aromatic N) is 3. The fraction of sp³-hybridized carbons (Fsp3) is 0.450. The standard InChI is InChI=1S/C20H25F2N5O2P2/c1-2-20(22,31)11-9-13(25-14(10-11)27-7-5-23-6-8-27)12-3-4-24-18-15(12)16(17(21)30)29-19(28)26-18/h3-4,9-10,16-17,23H,2,5-8,30-31H2,1H3,(H,24,26,28). The van der Waals surface area contributed by atoms with Crippen molar-refractivity contribution in [1.29, 1.82) is 0 Å². The Bertz CT molecular complexity index is 986. The molecule has 4 rings (SSSR count). The SMILES string of the molecule is CCC(F)(P)c1cc(-c2ccnc3c2C(C(F)P)OC(=O)N3)nc(N2CCNCC2)c1. The minimum absolute atomic E-state index is 0.215. The Morgan fingerprint density at radius 3 is 2.81 bits per heavy atom. The van der Waals surface area contributed by atoms with Crippen LogP contribution in [0.5, 0.6) is 0 Å². The molecular formula is C20H25F2N5O2P2. The Balaban J connectivity index is 1.89. The van der Waals surface area contributed by atoms with Gasteiger partial charge in [-0.25, -0.2) is 23.5 Å². The number of nitrogens with one attached hydrogen (secondary N) is 2. The first-order valence-corrected chi connectivity index (χ1v) is 11.4. The molecule has 0 bridgehead atoms. The van der Waals surface area contributed by atoms with E-state index in [1.165, 1.54) is 6.20 Å². The second-order valence-corrected chi connectivity index (χ2v) is 9.12. The van der Waals surface area contributed by atoms with Gasteiger partial charge in [-0.05, 0) is 30.2 Å². The van der Waals surface area contributed by atoms with Crippen molar-refractivity contribution in [3.63, 3.8) is 0 Å². The van der Waals surface area contributed by atoms with E-state index in [0.29, 0.717) is 28.2 Å². The lowest BCUT2D eigenvalue weighted by Gasteiger charge is -2.31. The van der Waals surface area contributed by atoms with Gasteiger partial charge in [0.25, 0.3) is 0 Å². The van der Waals surface area contributed by atoms with Crippen molar-refractivity contribution in [3.05, 3.63) is 35.5 Å². The number of piperazine rings is 1. The highest BCUT2D eigenvalue weighted by atomic mass is 31.0. The fourth-order valence-corrected chi connectivity index (χ4v) is 4.20. The van der Waals surface area contributed by atoms with Gasteiger partial charge in [0.15, 0.2) is 12.0 Å². The molecule has 7 nitrogen and oxygen atoms in total. The molecule has 166 valence electrons. The molecule has 5 unspecified atom stereocenters. The number of rotatable bonds is 5. The third-order valence-corrected chi connectivity index (χ3v) is 6.63. The molecule has 1 saturated heterocycles. The number of fused-ring (bicyclic) bond motifs is 1. The summed E-state index contributed by atoms with van der Waals surface area (Å²) in [6.07, 6.45) is -0.164. The van der Waals surface area contributed by atoms with E-state index in [4.69, 9.17) is 9.72 Å². The smallest absolute Gasteiger partial charge is 0.413 e. The molecular weight excluding hydrogens is 442 g/mol. The minimum atomic E-state index is -1.64. The van der Waals surface area contributed by atoms with Crippen LogP contribution < -0.4 is 15.5 Å². The topological polar surface area (TPSA) is 79.4 Å². The van der Waals surface area contributed by atoms with Crippen LogP contribution in [0.25, 0.3) is 11.3 Å². The maximum Gasteiger partial charge on any atom is 0.413 e. The number of carbonyl (C=O) groups is 1. The van der Waals surface area contributed by atoms with Crippen LogP contribution in [0.2, 0.25) is 0 Å². The average Bonchev–Trinajstić information content (AvgIpc) is 2.78. The molecule has 2 aliphatic rings. The van der Waals surface area contributed by atoms with Crippen molar-refractivity contribution in [1.82, 2.24) is 15.3 Å².